The van der Waals surface area contributed by atoms with E-state index in [1.165, 1.54) is 51.6 Å². The molecule has 5 rings (SSSR count). The largest absolute Gasteiger partial charge is 0.462 e. The number of fused-ring (bicyclic) bond motifs is 2. The number of carbonyl (C=O) groups is 2. The highest BCUT2D eigenvalue weighted by atomic mass is 32.1. The van der Waals surface area contributed by atoms with E-state index in [2.05, 4.69) is 59.9 Å². The average molecular weight is 530 g/mol. The molecule has 1 N–H and O–H groups in total. The second kappa shape index (κ2) is 10.8. The zero-order chi connectivity index (χ0) is 26.9. The van der Waals surface area contributed by atoms with E-state index in [1.54, 1.807) is 0 Å². The van der Waals surface area contributed by atoms with Gasteiger partial charge in [-0.15, -0.1) is 11.3 Å². The SMILES string of the molecule is CCOC(=O)c1c(CNC(=O)OC(C)(C)C)sc2cc(-c3cccc4ccccc34)c(C3CCCC3)cc12. The predicted molar refractivity (Wildman–Crippen MR) is 155 cm³/mol. The fourth-order valence-electron chi connectivity index (χ4n) is 5.50. The Morgan fingerprint density at radius 3 is 2.45 bits per heavy atom. The van der Waals surface area contributed by atoms with Crippen molar-refractivity contribution in [3.63, 3.8) is 0 Å². The average Bonchev–Trinajstić information content (AvgIpc) is 3.53. The molecule has 4 aromatic rings. The van der Waals surface area contributed by atoms with Crippen molar-refractivity contribution in [2.75, 3.05) is 6.61 Å². The molecule has 1 aromatic heterocycles. The normalized spacial score (nSPS) is 14.2. The Bertz CT molecular complexity index is 1490. The molecule has 1 heterocycles. The standard InChI is InChI=1S/C32H35NO4S/c1-5-36-30(34)29-26-17-24(21-12-6-7-13-21)25(23-16-10-14-20-11-8-9-15-22(20)23)18-27(26)38-28(29)19-33-31(35)37-32(2,3)4/h8-11,14-18,21H,5-7,12-13,19H2,1-4H3,(H,33,35). The Labute approximate surface area is 228 Å². The van der Waals surface area contributed by atoms with Crippen LogP contribution in [-0.2, 0) is 16.0 Å². The number of thiophene rings is 1. The summed E-state index contributed by atoms with van der Waals surface area (Å²) < 4.78 is 11.9. The molecule has 38 heavy (non-hydrogen) atoms. The van der Waals surface area contributed by atoms with Crippen LogP contribution in [0.4, 0.5) is 4.79 Å². The maximum Gasteiger partial charge on any atom is 0.407 e. The maximum atomic E-state index is 13.2. The van der Waals surface area contributed by atoms with E-state index >= 15 is 0 Å². The molecule has 6 heteroatoms. The Kier molecular flexibility index (Phi) is 7.44. The molecule has 0 bridgehead atoms. The molecule has 0 spiro atoms. The molecular formula is C32H35NO4S. The number of benzene rings is 3. The van der Waals surface area contributed by atoms with Gasteiger partial charge in [0.2, 0.25) is 0 Å². The highest BCUT2D eigenvalue weighted by molar-refractivity contribution is 7.19. The Hall–Kier alpha value is -3.38. The van der Waals surface area contributed by atoms with E-state index in [-0.39, 0.29) is 12.5 Å². The molecule has 1 aliphatic carbocycles. The van der Waals surface area contributed by atoms with Crippen molar-refractivity contribution < 1.29 is 19.1 Å². The van der Waals surface area contributed by atoms with Crippen LogP contribution in [0.25, 0.3) is 32.0 Å². The van der Waals surface area contributed by atoms with Crippen LogP contribution in [0.15, 0.2) is 54.6 Å². The fourth-order valence-corrected chi connectivity index (χ4v) is 6.65. The van der Waals surface area contributed by atoms with Crippen molar-refractivity contribution in [1.29, 1.82) is 0 Å². The van der Waals surface area contributed by atoms with E-state index in [9.17, 15) is 9.59 Å². The van der Waals surface area contributed by atoms with E-state index in [1.807, 2.05) is 27.7 Å². The van der Waals surface area contributed by atoms with Crippen LogP contribution in [0.2, 0.25) is 0 Å². The van der Waals surface area contributed by atoms with Gasteiger partial charge in [0.05, 0.1) is 18.7 Å². The van der Waals surface area contributed by atoms with E-state index in [0.29, 0.717) is 18.1 Å². The first-order valence-electron chi connectivity index (χ1n) is 13.5. The van der Waals surface area contributed by atoms with Gasteiger partial charge in [-0.2, -0.15) is 0 Å². The molecule has 0 radical (unpaired) electrons. The van der Waals surface area contributed by atoms with Crippen molar-refractivity contribution in [2.45, 2.75) is 71.4 Å². The zero-order valence-electron chi connectivity index (χ0n) is 22.6. The van der Waals surface area contributed by atoms with Gasteiger partial charge in [-0.05, 0) is 86.1 Å². The van der Waals surface area contributed by atoms with Crippen LogP contribution in [0.1, 0.15) is 80.1 Å². The van der Waals surface area contributed by atoms with Gasteiger partial charge in [-0.25, -0.2) is 9.59 Å². The summed E-state index contributed by atoms with van der Waals surface area (Å²) in [5, 5.41) is 6.17. The second-order valence-electron chi connectivity index (χ2n) is 10.9. The summed E-state index contributed by atoms with van der Waals surface area (Å²) in [6.07, 6.45) is 4.23. The number of alkyl carbamates (subject to hydrolysis) is 1. The summed E-state index contributed by atoms with van der Waals surface area (Å²) in [5.41, 5.74) is 3.68. The number of rotatable bonds is 6. The number of amides is 1. The van der Waals surface area contributed by atoms with Crippen molar-refractivity contribution in [3.8, 4) is 11.1 Å². The number of carbonyl (C=O) groups excluding carboxylic acids is 2. The quantitative estimate of drug-likeness (QED) is 0.254. The molecule has 198 valence electrons. The molecular weight excluding hydrogens is 494 g/mol. The van der Waals surface area contributed by atoms with Crippen LogP contribution < -0.4 is 5.32 Å². The number of nitrogens with one attached hydrogen (secondary N) is 1. The molecule has 0 atom stereocenters. The number of hydrogen-bond donors (Lipinski definition) is 1. The third-order valence-electron chi connectivity index (χ3n) is 7.08. The van der Waals surface area contributed by atoms with Crippen LogP contribution >= 0.6 is 11.3 Å². The van der Waals surface area contributed by atoms with Crippen LogP contribution in [0, 0.1) is 0 Å². The topological polar surface area (TPSA) is 64.6 Å². The summed E-state index contributed by atoms with van der Waals surface area (Å²) >= 11 is 1.53. The van der Waals surface area contributed by atoms with Gasteiger partial charge in [0.15, 0.2) is 0 Å². The lowest BCUT2D eigenvalue weighted by molar-refractivity contribution is 0.0505. The maximum absolute atomic E-state index is 13.2. The summed E-state index contributed by atoms with van der Waals surface area (Å²) in [6, 6.07) is 19.4. The Balaban J connectivity index is 1.66. The van der Waals surface area contributed by atoms with Gasteiger partial charge in [-0.3, -0.25) is 0 Å². The van der Waals surface area contributed by atoms with Gasteiger partial charge in [0.25, 0.3) is 0 Å². The summed E-state index contributed by atoms with van der Waals surface area (Å²) in [5.74, 6) is 0.0988. The minimum atomic E-state index is -0.599. The molecule has 0 unspecified atom stereocenters. The molecule has 1 aliphatic rings. The lowest BCUT2D eigenvalue weighted by Gasteiger charge is -2.19. The minimum Gasteiger partial charge on any atom is -0.462 e. The third kappa shape index (κ3) is 5.41. The Morgan fingerprint density at radius 2 is 1.71 bits per heavy atom. The fraction of sp³-hybridized carbons (Fsp3) is 0.375. The molecule has 1 fully saturated rings. The van der Waals surface area contributed by atoms with Crippen molar-refractivity contribution in [3.05, 3.63) is 70.6 Å². The predicted octanol–water partition coefficient (Wildman–Crippen LogP) is 8.58. The molecule has 5 nitrogen and oxygen atoms in total. The van der Waals surface area contributed by atoms with Gasteiger partial charge in [0, 0.05) is 15.0 Å². The van der Waals surface area contributed by atoms with E-state index in [0.717, 1.165) is 27.8 Å². The van der Waals surface area contributed by atoms with Crippen LogP contribution in [0.5, 0.6) is 0 Å². The second-order valence-corrected chi connectivity index (χ2v) is 12.1. The monoisotopic (exact) mass is 529 g/mol. The van der Waals surface area contributed by atoms with Crippen molar-refractivity contribution in [2.24, 2.45) is 0 Å². The minimum absolute atomic E-state index is 0.199. The third-order valence-corrected chi connectivity index (χ3v) is 8.23. The van der Waals surface area contributed by atoms with Crippen LogP contribution in [0.3, 0.4) is 0 Å². The number of ether oxygens (including phenoxy) is 2. The van der Waals surface area contributed by atoms with Crippen molar-refractivity contribution >= 4 is 44.3 Å². The number of esters is 1. The summed E-state index contributed by atoms with van der Waals surface area (Å²) in [6.45, 7) is 7.79. The van der Waals surface area contributed by atoms with Gasteiger partial charge in [-0.1, -0.05) is 55.3 Å². The Morgan fingerprint density at radius 1 is 0.974 bits per heavy atom. The highest BCUT2D eigenvalue weighted by Gasteiger charge is 2.27. The molecule has 3 aromatic carbocycles. The van der Waals surface area contributed by atoms with Crippen LogP contribution in [-0.4, -0.2) is 24.3 Å². The smallest absolute Gasteiger partial charge is 0.407 e. The zero-order valence-corrected chi connectivity index (χ0v) is 23.4. The lowest BCUT2D eigenvalue weighted by atomic mass is 9.86. The number of hydrogen-bond acceptors (Lipinski definition) is 5. The van der Waals surface area contributed by atoms with E-state index < -0.39 is 11.7 Å². The van der Waals surface area contributed by atoms with Gasteiger partial charge < -0.3 is 14.8 Å². The van der Waals surface area contributed by atoms with Crippen molar-refractivity contribution in [1.82, 2.24) is 5.32 Å². The van der Waals surface area contributed by atoms with Gasteiger partial charge in [0.1, 0.15) is 5.60 Å². The molecule has 1 amide bonds. The molecule has 1 saturated carbocycles. The summed E-state index contributed by atoms with van der Waals surface area (Å²) in [4.78, 5) is 26.4. The summed E-state index contributed by atoms with van der Waals surface area (Å²) in [7, 11) is 0. The molecule has 0 saturated heterocycles. The highest BCUT2D eigenvalue weighted by Crippen LogP contribution is 2.45. The first kappa shape index (κ1) is 26.2. The van der Waals surface area contributed by atoms with Gasteiger partial charge >= 0.3 is 12.1 Å². The van der Waals surface area contributed by atoms with E-state index in [4.69, 9.17) is 9.47 Å². The first-order valence-corrected chi connectivity index (χ1v) is 14.3. The molecule has 0 aliphatic heterocycles. The first-order chi connectivity index (χ1) is 18.2. The lowest BCUT2D eigenvalue weighted by Crippen LogP contribution is -2.32.